The van der Waals surface area contributed by atoms with Gasteiger partial charge in [0, 0.05) is 24.5 Å². The number of amides is 1. The Kier molecular flexibility index (Phi) is 6.83. The number of methoxy groups -OCH3 is 1. The van der Waals surface area contributed by atoms with Crippen LogP contribution in [0.5, 0.6) is 5.75 Å². The molecule has 0 aliphatic heterocycles. The maximum atomic E-state index is 12.4. The molecule has 0 bridgehead atoms. The summed E-state index contributed by atoms with van der Waals surface area (Å²) in [5.41, 5.74) is 1.10. The molecule has 0 fully saturated rings. The molecule has 1 unspecified atom stereocenters. The molecule has 3 rings (SSSR count). The summed E-state index contributed by atoms with van der Waals surface area (Å²) in [6.07, 6.45) is 4.08. The summed E-state index contributed by atoms with van der Waals surface area (Å²) in [5.74, 6) is 1.51. The number of hydrogen-bond acceptors (Lipinski definition) is 7. The lowest BCUT2D eigenvalue weighted by Crippen LogP contribution is -2.22. The minimum Gasteiger partial charge on any atom is -0.497 e. The summed E-state index contributed by atoms with van der Waals surface area (Å²) in [6.45, 7) is 6.23. The van der Waals surface area contributed by atoms with Gasteiger partial charge in [0.1, 0.15) is 11.6 Å². The highest BCUT2D eigenvalue weighted by atomic mass is 32.2. The number of aromatic nitrogens is 4. The van der Waals surface area contributed by atoms with Crippen molar-refractivity contribution in [1.29, 1.82) is 0 Å². The molecule has 0 saturated carbocycles. The first kappa shape index (κ1) is 20.1. The van der Waals surface area contributed by atoms with Crippen molar-refractivity contribution in [2.24, 2.45) is 0 Å². The Labute approximate surface area is 171 Å². The summed E-state index contributed by atoms with van der Waals surface area (Å²) in [5, 5.41) is 14.2. The number of nitrogens with one attached hydrogen (secondary N) is 1. The van der Waals surface area contributed by atoms with E-state index in [-0.39, 0.29) is 11.2 Å². The third kappa shape index (κ3) is 4.99. The van der Waals surface area contributed by atoms with E-state index in [0.717, 1.165) is 17.1 Å². The molecule has 1 amide bonds. The Morgan fingerprint density at radius 1 is 1.39 bits per heavy atom. The van der Waals surface area contributed by atoms with Crippen LogP contribution in [-0.2, 0) is 17.8 Å². The van der Waals surface area contributed by atoms with Gasteiger partial charge in [0.25, 0.3) is 0 Å². The van der Waals surface area contributed by atoms with Crippen molar-refractivity contribution in [3.8, 4) is 5.75 Å². The number of carbonyl (C=O) groups is 1. The summed E-state index contributed by atoms with van der Waals surface area (Å²) in [4.78, 5) is 16.5. The van der Waals surface area contributed by atoms with Gasteiger partial charge in [-0.1, -0.05) is 30.0 Å². The van der Waals surface area contributed by atoms with Crippen molar-refractivity contribution in [2.45, 2.75) is 30.3 Å². The second kappa shape index (κ2) is 9.52. The molecular formula is C19H21N5O2S2. The highest BCUT2D eigenvalue weighted by Gasteiger charge is 2.20. The number of allylic oxidation sites excluding steroid dienone is 1. The fraction of sp³-hybridized carbons (Fsp3) is 0.263. The average molecular weight is 416 g/mol. The van der Waals surface area contributed by atoms with Gasteiger partial charge in [-0.3, -0.25) is 4.79 Å². The summed E-state index contributed by atoms with van der Waals surface area (Å²) >= 11 is 2.75. The zero-order valence-electron chi connectivity index (χ0n) is 15.7. The first-order chi connectivity index (χ1) is 13.6. The number of hydrogen-bond donors (Lipinski definition) is 1. The van der Waals surface area contributed by atoms with Crippen LogP contribution in [-0.4, -0.2) is 38.0 Å². The number of thioether (sulfide) groups is 1. The van der Waals surface area contributed by atoms with Crippen LogP contribution >= 0.6 is 23.1 Å². The van der Waals surface area contributed by atoms with Gasteiger partial charge in [-0.25, -0.2) is 4.98 Å². The zero-order valence-corrected chi connectivity index (χ0v) is 17.3. The first-order valence-electron chi connectivity index (χ1n) is 8.63. The largest absolute Gasteiger partial charge is 0.497 e. The molecule has 2 aromatic heterocycles. The van der Waals surface area contributed by atoms with Crippen molar-refractivity contribution < 1.29 is 9.53 Å². The molecule has 1 N–H and O–H groups in total. The summed E-state index contributed by atoms with van der Waals surface area (Å²) in [7, 11) is 1.64. The highest BCUT2D eigenvalue weighted by molar-refractivity contribution is 8.00. The molecular weight excluding hydrogens is 394 g/mol. The summed E-state index contributed by atoms with van der Waals surface area (Å²) < 4.78 is 7.18. The number of ether oxygens (including phenoxy) is 1. The minimum absolute atomic E-state index is 0.121. The molecule has 7 nitrogen and oxygen atoms in total. The fourth-order valence-corrected chi connectivity index (χ4v) is 3.89. The van der Waals surface area contributed by atoms with Crippen molar-refractivity contribution >= 4 is 34.1 Å². The lowest BCUT2D eigenvalue weighted by atomic mass is 10.1. The van der Waals surface area contributed by atoms with Crippen LogP contribution in [0.15, 0.2) is 53.7 Å². The van der Waals surface area contributed by atoms with Gasteiger partial charge in [0.05, 0.1) is 12.4 Å². The van der Waals surface area contributed by atoms with E-state index in [4.69, 9.17) is 4.74 Å². The van der Waals surface area contributed by atoms with Gasteiger partial charge < -0.3 is 14.6 Å². The predicted molar refractivity (Wildman–Crippen MR) is 112 cm³/mol. The zero-order chi connectivity index (χ0) is 19.9. The van der Waals surface area contributed by atoms with E-state index < -0.39 is 0 Å². The van der Waals surface area contributed by atoms with E-state index in [1.165, 1.54) is 23.1 Å². The number of rotatable bonds is 9. The Hall–Kier alpha value is -2.65. The van der Waals surface area contributed by atoms with E-state index >= 15 is 0 Å². The topological polar surface area (TPSA) is 81.9 Å². The third-order valence-corrected chi connectivity index (χ3v) is 5.71. The van der Waals surface area contributed by atoms with Crippen LogP contribution in [0.1, 0.15) is 18.3 Å². The van der Waals surface area contributed by atoms with Gasteiger partial charge in [-0.05, 0) is 24.6 Å². The quantitative estimate of drug-likeness (QED) is 0.424. The van der Waals surface area contributed by atoms with Crippen LogP contribution < -0.4 is 10.1 Å². The van der Waals surface area contributed by atoms with E-state index in [0.29, 0.717) is 23.3 Å². The van der Waals surface area contributed by atoms with Crippen LogP contribution in [0, 0.1) is 0 Å². The Balaban J connectivity index is 1.72. The van der Waals surface area contributed by atoms with Crippen LogP contribution in [0.4, 0.5) is 5.13 Å². The van der Waals surface area contributed by atoms with E-state index in [9.17, 15) is 4.79 Å². The normalized spacial score (nSPS) is 11.8. The van der Waals surface area contributed by atoms with Crippen LogP contribution in [0.3, 0.4) is 0 Å². The third-order valence-electron chi connectivity index (χ3n) is 3.94. The molecule has 1 atom stereocenters. The van der Waals surface area contributed by atoms with Crippen molar-refractivity contribution in [2.75, 3.05) is 12.4 Å². The fourth-order valence-electron chi connectivity index (χ4n) is 2.48. The van der Waals surface area contributed by atoms with Crippen molar-refractivity contribution in [3.63, 3.8) is 0 Å². The van der Waals surface area contributed by atoms with Crippen LogP contribution in [0.25, 0.3) is 0 Å². The number of anilines is 1. The second-order valence-electron chi connectivity index (χ2n) is 5.91. The average Bonchev–Trinajstić information content (AvgIpc) is 3.34. The Bertz CT molecular complexity index is 922. The maximum absolute atomic E-state index is 12.4. The summed E-state index contributed by atoms with van der Waals surface area (Å²) in [6, 6.07) is 7.85. The monoisotopic (exact) mass is 415 g/mol. The minimum atomic E-state index is -0.342. The van der Waals surface area contributed by atoms with Gasteiger partial charge in [0.15, 0.2) is 10.3 Å². The molecule has 3 aromatic rings. The maximum Gasteiger partial charge on any atom is 0.239 e. The highest BCUT2D eigenvalue weighted by Crippen LogP contribution is 2.25. The van der Waals surface area contributed by atoms with Crippen molar-refractivity contribution in [3.05, 3.63) is 59.9 Å². The number of benzene rings is 1. The molecule has 146 valence electrons. The van der Waals surface area contributed by atoms with E-state index in [1.54, 1.807) is 19.4 Å². The Morgan fingerprint density at radius 3 is 2.82 bits per heavy atom. The molecule has 0 spiro atoms. The molecule has 0 radical (unpaired) electrons. The van der Waals surface area contributed by atoms with Gasteiger partial charge >= 0.3 is 0 Å². The van der Waals surface area contributed by atoms with Crippen LogP contribution in [0.2, 0.25) is 0 Å². The Morgan fingerprint density at radius 2 is 2.18 bits per heavy atom. The van der Waals surface area contributed by atoms with Crippen molar-refractivity contribution in [1.82, 2.24) is 19.7 Å². The molecule has 0 aliphatic rings. The SMILES string of the molecule is C=CCn1c(Cc2ccc(OC)cc2)nnc1SC(C)C(=O)Nc1nccs1. The predicted octanol–water partition coefficient (Wildman–Crippen LogP) is 3.64. The number of carbonyl (C=O) groups excluding carboxylic acids is 1. The first-order valence-corrected chi connectivity index (χ1v) is 10.4. The second-order valence-corrected chi connectivity index (χ2v) is 8.11. The molecule has 28 heavy (non-hydrogen) atoms. The van der Waals surface area contributed by atoms with Gasteiger partial charge in [-0.15, -0.1) is 28.1 Å². The molecule has 0 aliphatic carbocycles. The number of thiazole rings is 1. The number of nitrogens with zero attached hydrogens (tertiary/aromatic N) is 4. The molecule has 1 aromatic carbocycles. The molecule has 9 heteroatoms. The van der Waals surface area contributed by atoms with Gasteiger partial charge in [0.2, 0.25) is 5.91 Å². The molecule has 2 heterocycles. The lowest BCUT2D eigenvalue weighted by Gasteiger charge is -2.12. The standard InChI is InChI=1S/C19H21N5O2S2/c1-4-10-24-16(12-14-5-7-15(26-3)8-6-14)22-23-19(24)28-13(2)17(25)21-18-20-9-11-27-18/h4-9,11,13H,1,10,12H2,2-3H3,(H,20,21,25). The smallest absolute Gasteiger partial charge is 0.239 e. The van der Waals surface area contributed by atoms with Gasteiger partial charge in [-0.2, -0.15) is 0 Å². The van der Waals surface area contributed by atoms with E-state index in [2.05, 4.69) is 27.1 Å². The molecule has 0 saturated heterocycles. The lowest BCUT2D eigenvalue weighted by molar-refractivity contribution is -0.115. The van der Waals surface area contributed by atoms with E-state index in [1.807, 2.05) is 41.1 Å².